The molecule has 4 rings (SSSR count). The molecule has 4 heterocycles. The second-order valence-electron chi connectivity index (χ2n) is 6.29. The van der Waals surface area contributed by atoms with Crippen molar-refractivity contribution in [2.24, 2.45) is 0 Å². The van der Waals surface area contributed by atoms with E-state index in [1.807, 2.05) is 0 Å². The summed E-state index contributed by atoms with van der Waals surface area (Å²) >= 11 is 0. The van der Waals surface area contributed by atoms with Crippen LogP contribution in [0.4, 0.5) is 5.82 Å². The summed E-state index contributed by atoms with van der Waals surface area (Å²) in [5, 5.41) is 2.91. The van der Waals surface area contributed by atoms with Crippen molar-refractivity contribution in [1.29, 1.82) is 0 Å². The number of anilines is 1. The van der Waals surface area contributed by atoms with Gasteiger partial charge in [0.1, 0.15) is 17.9 Å². The van der Waals surface area contributed by atoms with Crippen molar-refractivity contribution in [2.75, 3.05) is 12.4 Å². The molecule has 148 valence electrons. The maximum Gasteiger partial charge on any atom is 0.350 e. The van der Waals surface area contributed by atoms with Gasteiger partial charge < -0.3 is 24.3 Å². The Labute approximate surface area is 158 Å². The van der Waals surface area contributed by atoms with Crippen LogP contribution in [0.25, 0.3) is 11.2 Å². The van der Waals surface area contributed by atoms with E-state index in [4.69, 9.17) is 18.9 Å². The van der Waals surface area contributed by atoms with Gasteiger partial charge in [-0.25, -0.2) is 19.7 Å². The van der Waals surface area contributed by atoms with Gasteiger partial charge in [-0.3, -0.25) is 14.2 Å². The molecule has 2 aromatic rings. The third-order valence-electron chi connectivity index (χ3n) is 4.47. The molecule has 0 bridgehead atoms. The maximum absolute atomic E-state index is 12.1. The number of nitrogens with one attached hydrogen (secondary N) is 1. The minimum atomic E-state index is -1.25. The first-order valence-electron chi connectivity index (χ1n) is 8.46. The van der Waals surface area contributed by atoms with Crippen molar-refractivity contribution in [1.82, 2.24) is 19.5 Å². The molecule has 2 aromatic heterocycles. The standard InChI is InChI=1S/C16H17N5O7/c1-6(22)25-11-9-10(12(16(24)28-9)26-7(2)23)27-15(11)21-5-20-8-13(17-3)18-4-19-14(8)21/h4-5,9-12,15H,1-3H3,(H,17,18,19)/t9-,10-,11+,12-,15-/m0/s1. The molecule has 0 spiro atoms. The molecule has 2 aliphatic heterocycles. The summed E-state index contributed by atoms with van der Waals surface area (Å²) in [6.07, 6.45) is -2.17. The van der Waals surface area contributed by atoms with Gasteiger partial charge in [-0.05, 0) is 0 Å². The molecule has 1 N–H and O–H groups in total. The van der Waals surface area contributed by atoms with Gasteiger partial charge in [0, 0.05) is 20.9 Å². The lowest BCUT2D eigenvalue weighted by molar-refractivity contribution is -0.174. The van der Waals surface area contributed by atoms with E-state index in [1.54, 1.807) is 11.6 Å². The Morgan fingerprint density at radius 2 is 1.89 bits per heavy atom. The molecule has 0 radical (unpaired) electrons. The van der Waals surface area contributed by atoms with Crippen molar-refractivity contribution >= 4 is 34.9 Å². The van der Waals surface area contributed by atoms with Crippen LogP contribution in [0.5, 0.6) is 0 Å². The fourth-order valence-corrected chi connectivity index (χ4v) is 3.43. The highest BCUT2D eigenvalue weighted by atomic mass is 16.7. The van der Waals surface area contributed by atoms with Crippen LogP contribution in [-0.4, -0.2) is 68.9 Å². The highest BCUT2D eigenvalue weighted by molar-refractivity contribution is 5.83. The monoisotopic (exact) mass is 391 g/mol. The number of imidazole rings is 1. The van der Waals surface area contributed by atoms with Gasteiger partial charge in [0.05, 0.1) is 6.33 Å². The minimum Gasteiger partial charge on any atom is -0.454 e. The molecular weight excluding hydrogens is 374 g/mol. The molecule has 0 aromatic carbocycles. The molecular formula is C16H17N5O7. The second-order valence-corrected chi connectivity index (χ2v) is 6.29. The number of aromatic nitrogens is 4. The summed E-state index contributed by atoms with van der Waals surface area (Å²) in [5.74, 6) is -1.48. The third kappa shape index (κ3) is 2.81. The molecule has 0 saturated carbocycles. The summed E-state index contributed by atoms with van der Waals surface area (Å²) in [6, 6.07) is 0. The second kappa shape index (κ2) is 6.71. The Morgan fingerprint density at radius 3 is 2.57 bits per heavy atom. The quantitative estimate of drug-likeness (QED) is 0.534. The normalized spacial score (nSPS) is 28.7. The van der Waals surface area contributed by atoms with Gasteiger partial charge in [-0.15, -0.1) is 0 Å². The molecule has 0 amide bonds. The van der Waals surface area contributed by atoms with Gasteiger partial charge in [0.15, 0.2) is 29.9 Å². The maximum atomic E-state index is 12.1. The molecule has 2 fully saturated rings. The average molecular weight is 391 g/mol. The van der Waals surface area contributed by atoms with Gasteiger partial charge in [-0.1, -0.05) is 0 Å². The van der Waals surface area contributed by atoms with E-state index < -0.39 is 48.6 Å². The van der Waals surface area contributed by atoms with Crippen LogP contribution in [0.2, 0.25) is 0 Å². The summed E-state index contributed by atoms with van der Waals surface area (Å²) < 4.78 is 23.2. The van der Waals surface area contributed by atoms with Crippen molar-refractivity contribution in [3.63, 3.8) is 0 Å². The lowest BCUT2D eigenvalue weighted by atomic mass is 10.1. The predicted octanol–water partition coefficient (Wildman–Crippen LogP) is -0.446. The van der Waals surface area contributed by atoms with Gasteiger partial charge in [0.2, 0.25) is 6.10 Å². The smallest absolute Gasteiger partial charge is 0.350 e. The van der Waals surface area contributed by atoms with Crippen LogP contribution in [0.3, 0.4) is 0 Å². The molecule has 28 heavy (non-hydrogen) atoms. The number of nitrogens with zero attached hydrogens (tertiary/aromatic N) is 4. The van der Waals surface area contributed by atoms with Crippen molar-refractivity contribution in [3.05, 3.63) is 12.7 Å². The van der Waals surface area contributed by atoms with Crippen LogP contribution < -0.4 is 5.32 Å². The fraction of sp³-hybridized carbons (Fsp3) is 0.500. The molecule has 5 atom stereocenters. The Bertz CT molecular complexity index is 960. The number of fused-ring (bicyclic) bond motifs is 2. The van der Waals surface area contributed by atoms with Crippen molar-refractivity contribution in [2.45, 2.75) is 44.5 Å². The van der Waals surface area contributed by atoms with Gasteiger partial charge >= 0.3 is 17.9 Å². The molecule has 0 aliphatic carbocycles. The van der Waals surface area contributed by atoms with E-state index in [2.05, 4.69) is 20.3 Å². The van der Waals surface area contributed by atoms with Gasteiger partial charge in [-0.2, -0.15) is 0 Å². The molecule has 2 aliphatic rings. The van der Waals surface area contributed by atoms with E-state index in [0.717, 1.165) is 0 Å². The first kappa shape index (κ1) is 18.1. The predicted molar refractivity (Wildman–Crippen MR) is 89.8 cm³/mol. The summed E-state index contributed by atoms with van der Waals surface area (Å²) in [7, 11) is 1.70. The Morgan fingerprint density at radius 1 is 1.14 bits per heavy atom. The first-order chi connectivity index (χ1) is 13.4. The van der Waals surface area contributed by atoms with E-state index in [1.165, 1.54) is 26.5 Å². The zero-order chi connectivity index (χ0) is 20.0. The Kier molecular flexibility index (Phi) is 4.34. The van der Waals surface area contributed by atoms with E-state index in [-0.39, 0.29) is 0 Å². The number of esters is 3. The van der Waals surface area contributed by atoms with E-state index >= 15 is 0 Å². The highest BCUT2D eigenvalue weighted by Crippen LogP contribution is 2.41. The summed E-state index contributed by atoms with van der Waals surface area (Å²) in [4.78, 5) is 47.7. The van der Waals surface area contributed by atoms with Crippen LogP contribution in [0.15, 0.2) is 12.7 Å². The highest BCUT2D eigenvalue weighted by Gasteiger charge is 2.61. The molecule has 2 saturated heterocycles. The number of hydrogen-bond acceptors (Lipinski definition) is 11. The molecule has 12 nitrogen and oxygen atoms in total. The largest absolute Gasteiger partial charge is 0.454 e. The zero-order valence-corrected chi connectivity index (χ0v) is 15.2. The van der Waals surface area contributed by atoms with E-state index in [0.29, 0.717) is 17.0 Å². The lowest BCUT2D eigenvalue weighted by Crippen LogP contribution is -2.36. The molecule has 0 unspecified atom stereocenters. The van der Waals surface area contributed by atoms with Crippen molar-refractivity contribution < 1.29 is 33.3 Å². The Hall–Kier alpha value is -3.28. The van der Waals surface area contributed by atoms with Crippen molar-refractivity contribution in [3.8, 4) is 0 Å². The van der Waals surface area contributed by atoms with Crippen LogP contribution in [0.1, 0.15) is 20.1 Å². The van der Waals surface area contributed by atoms with Gasteiger partial charge in [0.25, 0.3) is 0 Å². The average Bonchev–Trinajstić information content (AvgIpc) is 3.29. The minimum absolute atomic E-state index is 0.428. The number of rotatable bonds is 4. The number of carbonyl (C=O) groups excluding carboxylic acids is 3. The third-order valence-corrected chi connectivity index (χ3v) is 4.47. The SMILES string of the molecule is CNc1ncnc2c1ncn2[C@H]1O[C@H]2[C@H](OC(=O)[C@H]2OC(C)=O)[C@H]1OC(C)=O. The summed E-state index contributed by atoms with van der Waals surface area (Å²) in [5.41, 5.74) is 0.914. The number of carbonyl (C=O) groups is 3. The number of ether oxygens (including phenoxy) is 4. The molecule has 12 heteroatoms. The van der Waals surface area contributed by atoms with Crippen LogP contribution in [-0.2, 0) is 33.3 Å². The van der Waals surface area contributed by atoms with Crippen LogP contribution in [0, 0.1) is 0 Å². The number of hydrogen-bond donors (Lipinski definition) is 1. The fourth-order valence-electron chi connectivity index (χ4n) is 3.43. The zero-order valence-electron chi connectivity index (χ0n) is 15.2. The topological polar surface area (TPSA) is 144 Å². The van der Waals surface area contributed by atoms with Crippen LogP contribution >= 0.6 is 0 Å². The Balaban J connectivity index is 1.73. The van der Waals surface area contributed by atoms with E-state index in [9.17, 15) is 14.4 Å². The summed E-state index contributed by atoms with van der Waals surface area (Å²) in [6.45, 7) is 2.41. The first-order valence-corrected chi connectivity index (χ1v) is 8.46. The lowest BCUT2D eigenvalue weighted by Gasteiger charge is -2.22.